The van der Waals surface area contributed by atoms with E-state index in [4.69, 9.17) is 14.0 Å². The van der Waals surface area contributed by atoms with Gasteiger partial charge in [-0.05, 0) is 50.2 Å². The van der Waals surface area contributed by atoms with E-state index in [9.17, 15) is 13.2 Å². The first-order chi connectivity index (χ1) is 10.8. The number of hydrogen-bond donors (Lipinski definition) is 1. The molecule has 0 aromatic heterocycles. The maximum atomic E-state index is 12.1. The number of carboxylic acids is 1. The van der Waals surface area contributed by atoms with Crippen LogP contribution in [0.1, 0.15) is 12.5 Å². The summed E-state index contributed by atoms with van der Waals surface area (Å²) in [5.74, 6) is -0.673. The number of aryl methyl sites for hydroxylation is 1. The summed E-state index contributed by atoms with van der Waals surface area (Å²) in [5.41, 5.74) is 0.943. The Balaban J connectivity index is 2.11. The van der Waals surface area contributed by atoms with E-state index in [1.807, 2.05) is 6.92 Å². The summed E-state index contributed by atoms with van der Waals surface area (Å²) in [7, 11) is -3.91. The molecule has 0 saturated heterocycles. The van der Waals surface area contributed by atoms with Gasteiger partial charge in [-0.1, -0.05) is 17.7 Å². The van der Waals surface area contributed by atoms with Gasteiger partial charge in [0.1, 0.15) is 16.4 Å². The van der Waals surface area contributed by atoms with E-state index in [0.717, 1.165) is 5.56 Å². The number of ether oxygens (including phenoxy) is 1. The fraction of sp³-hybridized carbons (Fsp3) is 0.188. The van der Waals surface area contributed by atoms with Crippen LogP contribution in [0.3, 0.4) is 0 Å². The Labute approximate surface area is 134 Å². The second-order valence-electron chi connectivity index (χ2n) is 4.92. The number of aliphatic carboxylic acids is 1. The van der Waals surface area contributed by atoms with E-state index in [1.54, 1.807) is 12.1 Å². The van der Waals surface area contributed by atoms with Crippen molar-refractivity contribution in [2.24, 2.45) is 0 Å². The molecule has 7 heteroatoms. The van der Waals surface area contributed by atoms with Crippen LogP contribution in [0.4, 0.5) is 0 Å². The zero-order valence-corrected chi connectivity index (χ0v) is 13.4. The first-order valence-corrected chi connectivity index (χ1v) is 8.19. The summed E-state index contributed by atoms with van der Waals surface area (Å²) in [5, 5.41) is 8.77. The number of benzene rings is 2. The maximum Gasteiger partial charge on any atom is 0.344 e. The topological polar surface area (TPSA) is 89.9 Å². The van der Waals surface area contributed by atoms with Crippen molar-refractivity contribution >= 4 is 16.1 Å². The van der Waals surface area contributed by atoms with Gasteiger partial charge in [0.2, 0.25) is 0 Å². The minimum Gasteiger partial charge on any atom is -0.479 e. The molecule has 1 atom stereocenters. The fourth-order valence-corrected chi connectivity index (χ4v) is 2.64. The lowest BCUT2D eigenvalue weighted by Gasteiger charge is -2.11. The number of hydrogen-bond acceptors (Lipinski definition) is 5. The smallest absolute Gasteiger partial charge is 0.344 e. The third-order valence-electron chi connectivity index (χ3n) is 3.00. The highest BCUT2D eigenvalue weighted by Crippen LogP contribution is 2.22. The molecule has 0 saturated carbocycles. The van der Waals surface area contributed by atoms with Crippen molar-refractivity contribution in [2.75, 3.05) is 0 Å². The average molecular weight is 336 g/mol. The van der Waals surface area contributed by atoms with Crippen molar-refractivity contribution in [2.45, 2.75) is 24.8 Å². The van der Waals surface area contributed by atoms with Gasteiger partial charge in [0.05, 0.1) is 0 Å². The molecule has 0 radical (unpaired) electrons. The van der Waals surface area contributed by atoms with Gasteiger partial charge in [0, 0.05) is 0 Å². The third kappa shape index (κ3) is 4.46. The van der Waals surface area contributed by atoms with Crippen molar-refractivity contribution in [3.8, 4) is 11.5 Å². The molecule has 2 aromatic carbocycles. The van der Waals surface area contributed by atoms with Crippen molar-refractivity contribution in [1.29, 1.82) is 0 Å². The van der Waals surface area contributed by atoms with Crippen LogP contribution in [0.2, 0.25) is 0 Å². The summed E-state index contributed by atoms with van der Waals surface area (Å²) < 4.78 is 34.5. The SMILES string of the molecule is Cc1ccc(S(=O)(=O)Oc2ccc(O[C@H](C)C(=O)O)cc2)cc1. The predicted molar refractivity (Wildman–Crippen MR) is 83.2 cm³/mol. The van der Waals surface area contributed by atoms with Gasteiger partial charge in [0.25, 0.3) is 0 Å². The zero-order valence-electron chi connectivity index (χ0n) is 12.6. The molecular weight excluding hydrogens is 320 g/mol. The molecular formula is C16H16O6S. The van der Waals surface area contributed by atoms with Crippen LogP contribution in [-0.2, 0) is 14.9 Å². The Hall–Kier alpha value is -2.54. The fourth-order valence-electron chi connectivity index (χ4n) is 1.71. The zero-order chi connectivity index (χ0) is 17.0. The highest BCUT2D eigenvalue weighted by Gasteiger charge is 2.17. The van der Waals surface area contributed by atoms with E-state index < -0.39 is 22.2 Å². The molecule has 0 aliphatic heterocycles. The lowest BCUT2D eigenvalue weighted by molar-refractivity contribution is -0.144. The second-order valence-corrected chi connectivity index (χ2v) is 6.47. The predicted octanol–water partition coefficient (Wildman–Crippen LogP) is 2.61. The third-order valence-corrected chi connectivity index (χ3v) is 4.26. The largest absolute Gasteiger partial charge is 0.479 e. The van der Waals surface area contributed by atoms with Gasteiger partial charge in [-0.25, -0.2) is 4.79 Å². The standard InChI is InChI=1S/C16H16O6S/c1-11-3-9-15(10-4-11)23(19,20)22-14-7-5-13(6-8-14)21-12(2)16(17)18/h3-10,12H,1-2H3,(H,17,18)/t12-/m1/s1. The molecule has 122 valence electrons. The molecule has 23 heavy (non-hydrogen) atoms. The van der Waals surface area contributed by atoms with Crippen molar-refractivity contribution in [3.63, 3.8) is 0 Å². The Morgan fingerprint density at radius 2 is 1.52 bits per heavy atom. The van der Waals surface area contributed by atoms with Crippen LogP contribution in [-0.4, -0.2) is 25.6 Å². The quantitative estimate of drug-likeness (QED) is 0.816. The lowest BCUT2D eigenvalue weighted by Crippen LogP contribution is -2.22. The van der Waals surface area contributed by atoms with Gasteiger partial charge in [0.15, 0.2) is 6.10 Å². The second kappa shape index (κ2) is 6.70. The monoisotopic (exact) mass is 336 g/mol. The van der Waals surface area contributed by atoms with E-state index in [1.165, 1.54) is 43.3 Å². The minimum absolute atomic E-state index is 0.0583. The van der Waals surface area contributed by atoms with Crippen LogP contribution in [0.5, 0.6) is 11.5 Å². The first kappa shape index (κ1) is 16.8. The van der Waals surface area contributed by atoms with Gasteiger partial charge in [-0.15, -0.1) is 0 Å². The molecule has 0 bridgehead atoms. The highest BCUT2D eigenvalue weighted by molar-refractivity contribution is 7.87. The van der Waals surface area contributed by atoms with Crippen LogP contribution < -0.4 is 8.92 Å². The van der Waals surface area contributed by atoms with Crippen LogP contribution in [0, 0.1) is 6.92 Å². The van der Waals surface area contributed by atoms with Crippen molar-refractivity contribution in [1.82, 2.24) is 0 Å². The van der Waals surface area contributed by atoms with Crippen LogP contribution >= 0.6 is 0 Å². The number of rotatable bonds is 6. The maximum absolute atomic E-state index is 12.1. The summed E-state index contributed by atoms with van der Waals surface area (Å²) in [6, 6.07) is 12.0. The molecule has 0 amide bonds. The van der Waals surface area contributed by atoms with Gasteiger partial charge < -0.3 is 14.0 Å². The van der Waals surface area contributed by atoms with E-state index in [2.05, 4.69) is 0 Å². The molecule has 0 aliphatic rings. The van der Waals surface area contributed by atoms with Gasteiger partial charge >= 0.3 is 16.1 Å². The van der Waals surface area contributed by atoms with Gasteiger partial charge in [-0.3, -0.25) is 0 Å². The summed E-state index contributed by atoms with van der Waals surface area (Å²) in [6.45, 7) is 3.25. The Morgan fingerprint density at radius 3 is 2.04 bits per heavy atom. The highest BCUT2D eigenvalue weighted by atomic mass is 32.2. The van der Waals surface area contributed by atoms with E-state index in [-0.39, 0.29) is 10.6 Å². The van der Waals surface area contributed by atoms with Crippen LogP contribution in [0.15, 0.2) is 53.4 Å². The van der Waals surface area contributed by atoms with Crippen molar-refractivity contribution in [3.05, 3.63) is 54.1 Å². The Morgan fingerprint density at radius 1 is 1.00 bits per heavy atom. The number of carbonyl (C=O) groups is 1. The summed E-state index contributed by atoms with van der Waals surface area (Å²) >= 11 is 0. The molecule has 2 aromatic rings. The molecule has 1 N–H and O–H groups in total. The van der Waals surface area contributed by atoms with E-state index in [0.29, 0.717) is 5.75 Å². The molecule has 6 nitrogen and oxygen atoms in total. The van der Waals surface area contributed by atoms with Crippen LogP contribution in [0.25, 0.3) is 0 Å². The molecule has 2 rings (SSSR count). The Kier molecular flexibility index (Phi) is 4.90. The van der Waals surface area contributed by atoms with E-state index >= 15 is 0 Å². The van der Waals surface area contributed by atoms with Gasteiger partial charge in [-0.2, -0.15) is 8.42 Å². The number of carboxylic acid groups (broad SMARTS) is 1. The molecule has 0 aliphatic carbocycles. The average Bonchev–Trinajstić information content (AvgIpc) is 2.49. The minimum atomic E-state index is -3.91. The Bertz CT molecular complexity index is 778. The lowest BCUT2D eigenvalue weighted by atomic mass is 10.2. The van der Waals surface area contributed by atoms with Crippen molar-refractivity contribution < 1.29 is 27.2 Å². The molecule has 0 unspecified atom stereocenters. The molecule has 0 fully saturated rings. The normalized spacial score (nSPS) is 12.4. The summed E-state index contributed by atoms with van der Waals surface area (Å²) in [6.07, 6.45) is -1.00. The molecule has 0 heterocycles. The summed E-state index contributed by atoms with van der Waals surface area (Å²) in [4.78, 5) is 10.8. The molecule has 0 spiro atoms. The first-order valence-electron chi connectivity index (χ1n) is 6.78.